The number of aryl methyl sites for hydroxylation is 2. The van der Waals surface area contributed by atoms with Gasteiger partial charge in [-0.1, -0.05) is 30.3 Å². The van der Waals surface area contributed by atoms with E-state index in [9.17, 15) is 9.59 Å². The Morgan fingerprint density at radius 3 is 2.69 bits per heavy atom. The van der Waals surface area contributed by atoms with Gasteiger partial charge in [0.15, 0.2) is 0 Å². The summed E-state index contributed by atoms with van der Waals surface area (Å²) in [6.07, 6.45) is 0.821. The van der Waals surface area contributed by atoms with Crippen molar-refractivity contribution in [3.8, 4) is 0 Å². The number of anilines is 1. The fourth-order valence-corrected chi connectivity index (χ4v) is 2.75. The van der Waals surface area contributed by atoms with Gasteiger partial charge in [-0.15, -0.1) is 5.10 Å². The van der Waals surface area contributed by atoms with E-state index in [1.54, 1.807) is 16.8 Å². The zero-order valence-corrected chi connectivity index (χ0v) is 14.8. The molecule has 0 bridgehead atoms. The van der Waals surface area contributed by atoms with Crippen LogP contribution in [0.5, 0.6) is 0 Å². The number of nitrogens with one attached hydrogen (secondary N) is 2. The first kappa shape index (κ1) is 17.6. The van der Waals surface area contributed by atoms with Crippen molar-refractivity contribution in [2.45, 2.75) is 26.8 Å². The van der Waals surface area contributed by atoms with E-state index in [2.05, 4.69) is 20.9 Å². The molecule has 3 rings (SSSR count). The summed E-state index contributed by atoms with van der Waals surface area (Å²) in [5, 5.41) is 13.5. The van der Waals surface area contributed by atoms with Gasteiger partial charge >= 0.3 is 0 Å². The van der Waals surface area contributed by atoms with Crippen molar-refractivity contribution in [2.75, 3.05) is 11.9 Å². The van der Waals surface area contributed by atoms with Gasteiger partial charge in [-0.25, -0.2) is 4.68 Å². The summed E-state index contributed by atoms with van der Waals surface area (Å²) in [7, 11) is 0. The number of carbonyl (C=O) groups is 2. The van der Waals surface area contributed by atoms with Gasteiger partial charge < -0.3 is 10.6 Å². The fourth-order valence-electron chi connectivity index (χ4n) is 2.75. The van der Waals surface area contributed by atoms with E-state index in [1.807, 2.05) is 44.2 Å². The number of benzene rings is 2. The maximum absolute atomic E-state index is 12.3. The Bertz CT molecular complexity index is 948. The minimum absolute atomic E-state index is 0.101. The predicted octanol–water partition coefficient (Wildman–Crippen LogP) is 2.38. The molecular formula is C19H21N5O2. The smallest absolute Gasteiger partial charge is 0.251 e. The number of fused-ring (bicyclic) bond motifs is 1. The molecule has 0 aliphatic rings. The number of amides is 2. The molecule has 0 aliphatic carbocycles. The van der Waals surface area contributed by atoms with Crippen molar-refractivity contribution >= 4 is 28.5 Å². The number of carbonyl (C=O) groups excluding carboxylic acids is 2. The minimum atomic E-state index is -0.322. The molecule has 134 valence electrons. The standard InChI is InChI=1S/C19H21N5O2/c1-3-13-7-5-6-8-15(13)21-18(25)12-20-19(26)14-9-10-17-16(11-14)22-23-24(17)4-2/h5-11H,3-4,12H2,1-2H3,(H,20,26)(H,21,25). The van der Waals surface area contributed by atoms with Crippen LogP contribution in [-0.4, -0.2) is 33.4 Å². The van der Waals surface area contributed by atoms with Crippen LogP contribution in [0.3, 0.4) is 0 Å². The Morgan fingerprint density at radius 1 is 1.12 bits per heavy atom. The first-order valence-electron chi connectivity index (χ1n) is 8.61. The third kappa shape index (κ3) is 3.72. The highest BCUT2D eigenvalue weighted by Crippen LogP contribution is 2.15. The number of rotatable bonds is 6. The molecule has 0 spiro atoms. The summed E-state index contributed by atoms with van der Waals surface area (Å²) in [5.41, 5.74) is 3.80. The fraction of sp³-hybridized carbons (Fsp3) is 0.263. The van der Waals surface area contributed by atoms with E-state index in [-0.39, 0.29) is 18.4 Å². The SMILES string of the molecule is CCc1ccccc1NC(=O)CNC(=O)c1ccc2c(c1)nnn2CC. The molecule has 0 radical (unpaired) electrons. The second kappa shape index (κ2) is 7.77. The average molecular weight is 351 g/mol. The molecule has 0 saturated carbocycles. The van der Waals surface area contributed by atoms with Gasteiger partial charge in [0.1, 0.15) is 5.52 Å². The van der Waals surface area contributed by atoms with E-state index in [0.29, 0.717) is 17.6 Å². The van der Waals surface area contributed by atoms with Crippen LogP contribution in [0.15, 0.2) is 42.5 Å². The van der Waals surface area contributed by atoms with Crippen molar-refractivity contribution in [1.82, 2.24) is 20.3 Å². The molecule has 0 aliphatic heterocycles. The summed E-state index contributed by atoms with van der Waals surface area (Å²) in [6, 6.07) is 12.8. The predicted molar refractivity (Wildman–Crippen MR) is 100.0 cm³/mol. The van der Waals surface area contributed by atoms with Gasteiger partial charge in [0.25, 0.3) is 5.91 Å². The number of aromatic nitrogens is 3. The zero-order valence-electron chi connectivity index (χ0n) is 14.8. The van der Waals surface area contributed by atoms with Crippen LogP contribution < -0.4 is 10.6 Å². The van der Waals surface area contributed by atoms with Gasteiger partial charge in [0, 0.05) is 17.8 Å². The highest BCUT2D eigenvalue weighted by atomic mass is 16.2. The van der Waals surface area contributed by atoms with Crippen molar-refractivity contribution in [3.63, 3.8) is 0 Å². The highest BCUT2D eigenvalue weighted by molar-refractivity contribution is 6.01. The summed E-state index contributed by atoms with van der Waals surface area (Å²) < 4.78 is 1.76. The molecular weight excluding hydrogens is 330 g/mol. The van der Waals surface area contributed by atoms with E-state index in [1.165, 1.54) is 0 Å². The Morgan fingerprint density at radius 2 is 1.92 bits per heavy atom. The van der Waals surface area contributed by atoms with Crippen LogP contribution in [0, 0.1) is 0 Å². The minimum Gasteiger partial charge on any atom is -0.343 e. The monoisotopic (exact) mass is 351 g/mol. The van der Waals surface area contributed by atoms with Crippen LogP contribution in [0.1, 0.15) is 29.8 Å². The molecule has 0 fully saturated rings. The second-order valence-corrected chi connectivity index (χ2v) is 5.85. The summed E-state index contributed by atoms with van der Waals surface area (Å²) in [5.74, 6) is -0.589. The first-order chi connectivity index (χ1) is 12.6. The number of hydrogen-bond acceptors (Lipinski definition) is 4. The Kier molecular flexibility index (Phi) is 5.26. The van der Waals surface area contributed by atoms with Crippen LogP contribution >= 0.6 is 0 Å². The van der Waals surface area contributed by atoms with Crippen LogP contribution in [0.25, 0.3) is 11.0 Å². The maximum atomic E-state index is 12.3. The number of para-hydroxylation sites is 1. The Balaban J connectivity index is 1.62. The van der Waals surface area contributed by atoms with Crippen LogP contribution in [-0.2, 0) is 17.8 Å². The molecule has 3 aromatic rings. The molecule has 0 unspecified atom stereocenters. The van der Waals surface area contributed by atoms with Gasteiger partial charge in [-0.2, -0.15) is 0 Å². The first-order valence-corrected chi connectivity index (χ1v) is 8.61. The lowest BCUT2D eigenvalue weighted by atomic mass is 10.1. The summed E-state index contributed by atoms with van der Waals surface area (Å²) in [6.45, 7) is 4.61. The van der Waals surface area contributed by atoms with Gasteiger partial charge in [-0.3, -0.25) is 9.59 Å². The zero-order chi connectivity index (χ0) is 18.5. The topological polar surface area (TPSA) is 88.9 Å². The van der Waals surface area contributed by atoms with Gasteiger partial charge in [0.05, 0.1) is 12.1 Å². The largest absolute Gasteiger partial charge is 0.343 e. The van der Waals surface area contributed by atoms with E-state index in [4.69, 9.17) is 0 Å². The molecule has 26 heavy (non-hydrogen) atoms. The number of hydrogen-bond donors (Lipinski definition) is 2. The molecule has 0 saturated heterocycles. The van der Waals surface area contributed by atoms with Gasteiger partial charge in [0.2, 0.25) is 5.91 Å². The molecule has 7 heteroatoms. The quantitative estimate of drug-likeness (QED) is 0.714. The molecule has 0 atom stereocenters. The van der Waals surface area contributed by atoms with Gasteiger partial charge in [-0.05, 0) is 43.2 Å². The van der Waals surface area contributed by atoms with E-state index in [0.717, 1.165) is 23.2 Å². The van der Waals surface area contributed by atoms with Crippen LogP contribution in [0.4, 0.5) is 5.69 Å². The van der Waals surface area contributed by atoms with Crippen molar-refractivity contribution in [3.05, 3.63) is 53.6 Å². The Labute approximate surface area is 151 Å². The average Bonchev–Trinajstić information content (AvgIpc) is 3.08. The molecule has 1 heterocycles. The van der Waals surface area contributed by atoms with Crippen molar-refractivity contribution < 1.29 is 9.59 Å². The normalized spacial score (nSPS) is 10.7. The van der Waals surface area contributed by atoms with Crippen LogP contribution in [0.2, 0.25) is 0 Å². The highest BCUT2D eigenvalue weighted by Gasteiger charge is 2.12. The third-order valence-corrected chi connectivity index (χ3v) is 4.16. The molecule has 7 nitrogen and oxygen atoms in total. The lowest BCUT2D eigenvalue weighted by Crippen LogP contribution is -2.33. The third-order valence-electron chi connectivity index (χ3n) is 4.16. The van der Waals surface area contributed by atoms with E-state index < -0.39 is 0 Å². The summed E-state index contributed by atoms with van der Waals surface area (Å²) >= 11 is 0. The Hall–Kier alpha value is -3.22. The molecule has 2 N–H and O–H groups in total. The second-order valence-electron chi connectivity index (χ2n) is 5.85. The van der Waals surface area contributed by atoms with E-state index >= 15 is 0 Å². The summed E-state index contributed by atoms with van der Waals surface area (Å²) in [4.78, 5) is 24.4. The lowest BCUT2D eigenvalue weighted by molar-refractivity contribution is -0.115. The van der Waals surface area contributed by atoms with Crippen molar-refractivity contribution in [2.24, 2.45) is 0 Å². The maximum Gasteiger partial charge on any atom is 0.251 e. The van der Waals surface area contributed by atoms with Crippen molar-refractivity contribution in [1.29, 1.82) is 0 Å². The molecule has 2 amide bonds. The molecule has 2 aromatic carbocycles. The molecule has 1 aromatic heterocycles. The lowest BCUT2D eigenvalue weighted by Gasteiger charge is -2.10. The number of nitrogens with zero attached hydrogens (tertiary/aromatic N) is 3.